The molecule has 1 rings (SSSR count). The molecule has 0 saturated carbocycles. The molecule has 0 amide bonds. The number of hydrogen-bond acceptors (Lipinski definition) is 1. The molecule has 1 heteroatoms. The molecule has 0 aliphatic heterocycles. The Labute approximate surface area is 80.0 Å². The predicted molar refractivity (Wildman–Crippen MR) is 54.4 cm³/mol. The van der Waals surface area contributed by atoms with Crippen LogP contribution in [-0.4, -0.2) is 0 Å². The van der Waals surface area contributed by atoms with Gasteiger partial charge in [0.2, 0.25) is 0 Å². The quantitative estimate of drug-likeness (QED) is 0.491. The van der Waals surface area contributed by atoms with Gasteiger partial charge in [-0.15, -0.1) is 0 Å². The van der Waals surface area contributed by atoms with E-state index in [-0.39, 0.29) is 0 Å². The van der Waals surface area contributed by atoms with E-state index in [0.29, 0.717) is 0 Å². The van der Waals surface area contributed by atoms with E-state index < -0.39 is 0 Å². The average Bonchev–Trinajstić information content (AvgIpc) is 2.19. The molecular weight excluding hydrogens is 160 g/mol. The summed E-state index contributed by atoms with van der Waals surface area (Å²) in [5.74, 6) is 0.843. The summed E-state index contributed by atoms with van der Waals surface area (Å²) in [5, 5.41) is 0. The van der Waals surface area contributed by atoms with Crippen molar-refractivity contribution in [1.82, 2.24) is 0 Å². The first-order valence-electron chi connectivity index (χ1n) is 4.72. The summed E-state index contributed by atoms with van der Waals surface area (Å²) < 4.78 is 5.25. The van der Waals surface area contributed by atoms with Gasteiger partial charge in [0.15, 0.2) is 6.26 Å². The Hall–Kier alpha value is -1.24. The molecular formula is C12H15O. The number of benzene rings is 1. The Morgan fingerprint density at radius 2 is 2.08 bits per heavy atom. The Morgan fingerprint density at radius 3 is 2.77 bits per heavy atom. The van der Waals surface area contributed by atoms with Crippen LogP contribution in [0.1, 0.15) is 26.2 Å². The van der Waals surface area contributed by atoms with Crippen molar-refractivity contribution in [3.05, 3.63) is 42.7 Å². The van der Waals surface area contributed by atoms with Gasteiger partial charge in [0.1, 0.15) is 5.75 Å². The van der Waals surface area contributed by atoms with Crippen LogP contribution < -0.4 is 4.74 Å². The topological polar surface area (TPSA) is 9.23 Å². The van der Waals surface area contributed by atoms with Crippen molar-refractivity contribution in [1.29, 1.82) is 0 Å². The van der Waals surface area contributed by atoms with Gasteiger partial charge in [-0.05, 0) is 31.1 Å². The first-order chi connectivity index (χ1) is 6.43. The highest BCUT2D eigenvalue weighted by molar-refractivity contribution is 5.21. The molecule has 0 saturated heterocycles. The summed E-state index contributed by atoms with van der Waals surface area (Å²) in [4.78, 5) is 0. The van der Waals surface area contributed by atoms with Crippen LogP contribution in [0.25, 0.3) is 0 Å². The first-order valence-corrected chi connectivity index (χ1v) is 4.72. The lowest BCUT2D eigenvalue weighted by atomic mass is 10.2. The van der Waals surface area contributed by atoms with Gasteiger partial charge in [-0.3, -0.25) is 0 Å². The minimum absolute atomic E-state index is 0.843. The molecule has 0 spiro atoms. The summed E-state index contributed by atoms with van der Waals surface area (Å²) in [6.45, 7) is 2.17. The number of rotatable bonds is 5. The molecule has 0 atom stereocenters. The number of ether oxygens (including phenoxy) is 1. The van der Waals surface area contributed by atoms with Crippen LogP contribution in [-0.2, 0) is 0 Å². The number of hydrogen-bond donors (Lipinski definition) is 0. The lowest BCUT2D eigenvalue weighted by Crippen LogP contribution is -1.81. The number of para-hydroxylation sites is 1. The van der Waals surface area contributed by atoms with Gasteiger partial charge in [0.25, 0.3) is 0 Å². The van der Waals surface area contributed by atoms with E-state index in [1.165, 1.54) is 12.8 Å². The van der Waals surface area contributed by atoms with Gasteiger partial charge < -0.3 is 4.74 Å². The van der Waals surface area contributed by atoms with Crippen LogP contribution in [0.15, 0.2) is 36.4 Å². The van der Waals surface area contributed by atoms with E-state index in [9.17, 15) is 0 Å². The zero-order valence-corrected chi connectivity index (χ0v) is 7.99. The molecule has 69 valence electrons. The fraction of sp³-hybridized carbons (Fsp3) is 0.333. The third-order valence-corrected chi connectivity index (χ3v) is 1.71. The van der Waals surface area contributed by atoms with E-state index in [1.54, 1.807) is 0 Å². The Bertz CT molecular complexity index is 239. The van der Waals surface area contributed by atoms with E-state index in [4.69, 9.17) is 4.74 Å². The molecule has 0 aromatic heterocycles. The highest BCUT2D eigenvalue weighted by Gasteiger charge is 1.86. The van der Waals surface area contributed by atoms with Crippen molar-refractivity contribution < 1.29 is 4.74 Å². The van der Waals surface area contributed by atoms with Gasteiger partial charge in [0, 0.05) is 0 Å². The second kappa shape index (κ2) is 6.30. The highest BCUT2D eigenvalue weighted by atomic mass is 16.5. The Balaban J connectivity index is 2.23. The molecule has 1 nitrogen and oxygen atoms in total. The molecule has 1 aromatic carbocycles. The Kier molecular flexibility index (Phi) is 4.77. The second-order valence-corrected chi connectivity index (χ2v) is 2.88. The molecule has 0 aliphatic rings. The third-order valence-electron chi connectivity index (χ3n) is 1.71. The van der Waals surface area contributed by atoms with E-state index >= 15 is 0 Å². The molecule has 0 unspecified atom stereocenters. The summed E-state index contributed by atoms with van der Waals surface area (Å²) in [5.41, 5.74) is 0. The van der Waals surface area contributed by atoms with Crippen molar-refractivity contribution in [2.45, 2.75) is 26.2 Å². The fourth-order valence-electron chi connectivity index (χ4n) is 0.963. The van der Waals surface area contributed by atoms with Crippen molar-refractivity contribution >= 4 is 0 Å². The fourth-order valence-corrected chi connectivity index (χ4v) is 0.963. The van der Waals surface area contributed by atoms with Gasteiger partial charge in [0.05, 0.1) is 0 Å². The maximum atomic E-state index is 5.25. The smallest absolute Gasteiger partial charge is 0.165 e. The first kappa shape index (κ1) is 9.85. The largest absolute Gasteiger partial charge is 0.454 e. The number of allylic oxidation sites excluding steroid dienone is 1. The lowest BCUT2D eigenvalue weighted by molar-refractivity contribution is 0.450. The summed E-state index contributed by atoms with van der Waals surface area (Å²) in [7, 11) is 0. The Morgan fingerprint density at radius 1 is 1.31 bits per heavy atom. The molecule has 0 N–H and O–H groups in total. The molecule has 13 heavy (non-hydrogen) atoms. The number of unbranched alkanes of at least 4 members (excludes halogenated alkanes) is 2. The standard InChI is InChI=1S/C12H15O/c1-2-3-4-8-11-13-12-9-6-5-7-10-12/h5-10H,2-4H2,1H3. The van der Waals surface area contributed by atoms with E-state index in [2.05, 4.69) is 13.2 Å². The van der Waals surface area contributed by atoms with Crippen LogP contribution in [0.2, 0.25) is 0 Å². The SMILES string of the molecule is CCCC/C=[C]\Oc1ccccc1. The monoisotopic (exact) mass is 175 g/mol. The minimum Gasteiger partial charge on any atom is -0.454 e. The van der Waals surface area contributed by atoms with Crippen LogP contribution in [0.3, 0.4) is 0 Å². The van der Waals surface area contributed by atoms with Gasteiger partial charge >= 0.3 is 0 Å². The summed E-state index contributed by atoms with van der Waals surface area (Å²) >= 11 is 0. The van der Waals surface area contributed by atoms with Crippen molar-refractivity contribution in [2.24, 2.45) is 0 Å². The molecule has 1 radical (unpaired) electrons. The third kappa shape index (κ3) is 4.36. The van der Waals surface area contributed by atoms with Crippen LogP contribution >= 0.6 is 0 Å². The predicted octanol–water partition coefficient (Wildman–Crippen LogP) is 3.57. The van der Waals surface area contributed by atoms with Crippen LogP contribution in [0.4, 0.5) is 0 Å². The van der Waals surface area contributed by atoms with Crippen molar-refractivity contribution in [2.75, 3.05) is 0 Å². The molecule has 1 aromatic rings. The highest BCUT2D eigenvalue weighted by Crippen LogP contribution is 2.08. The van der Waals surface area contributed by atoms with Crippen LogP contribution in [0.5, 0.6) is 5.75 Å². The summed E-state index contributed by atoms with van der Waals surface area (Å²) in [6, 6.07) is 9.70. The second-order valence-electron chi connectivity index (χ2n) is 2.88. The maximum Gasteiger partial charge on any atom is 0.165 e. The van der Waals surface area contributed by atoms with Gasteiger partial charge in [-0.25, -0.2) is 0 Å². The molecule has 0 bridgehead atoms. The summed E-state index contributed by atoms with van der Waals surface area (Å²) in [6.07, 6.45) is 8.21. The molecule has 0 fully saturated rings. The van der Waals surface area contributed by atoms with Crippen molar-refractivity contribution in [3.8, 4) is 5.75 Å². The van der Waals surface area contributed by atoms with Crippen molar-refractivity contribution in [3.63, 3.8) is 0 Å². The van der Waals surface area contributed by atoms with Gasteiger partial charge in [-0.2, -0.15) is 0 Å². The zero-order chi connectivity index (χ0) is 9.36. The van der Waals surface area contributed by atoms with Gasteiger partial charge in [-0.1, -0.05) is 31.5 Å². The molecule has 0 heterocycles. The lowest BCUT2D eigenvalue weighted by Gasteiger charge is -1.96. The van der Waals surface area contributed by atoms with E-state index in [1.807, 2.05) is 36.4 Å². The van der Waals surface area contributed by atoms with E-state index in [0.717, 1.165) is 12.2 Å². The zero-order valence-electron chi connectivity index (χ0n) is 7.99. The normalized spacial score (nSPS) is 10.5. The maximum absolute atomic E-state index is 5.25. The van der Waals surface area contributed by atoms with Crippen LogP contribution in [0, 0.1) is 6.26 Å². The minimum atomic E-state index is 0.843. The molecule has 0 aliphatic carbocycles. The average molecular weight is 175 g/mol.